The van der Waals surface area contributed by atoms with E-state index in [4.69, 9.17) is 14.6 Å². The summed E-state index contributed by atoms with van der Waals surface area (Å²) in [5.74, 6) is -6.72. The Bertz CT molecular complexity index is 1700. The highest BCUT2D eigenvalue weighted by molar-refractivity contribution is 6.31. The summed E-state index contributed by atoms with van der Waals surface area (Å²) in [5, 5.41) is 75.7. The molecule has 244 valence electrons. The molecule has 0 spiro atoms. The van der Waals surface area contributed by atoms with Crippen molar-refractivity contribution in [1.29, 1.82) is 0 Å². The van der Waals surface area contributed by atoms with Gasteiger partial charge in [0.15, 0.2) is 17.3 Å². The summed E-state index contributed by atoms with van der Waals surface area (Å²) in [6, 6.07) is 3.00. The number of Topliss-reactive ketones (excluding diaryl/α,β-unsaturated/α-hetero) is 1. The SMILES string of the molecule is CC1OC(O[C@H]2C[C@](O)(C(=O)CO)Cc3c(O)c4c(c(O)c32)C(=O)c2c(CO)cccc2C4=O)=C[C@@H](NC(=O)CCC(=O)O)[C@@H]1O. The summed E-state index contributed by atoms with van der Waals surface area (Å²) < 4.78 is 11.6. The van der Waals surface area contributed by atoms with Crippen molar-refractivity contribution in [3.63, 3.8) is 0 Å². The first kappa shape index (κ1) is 32.6. The van der Waals surface area contributed by atoms with Gasteiger partial charge in [-0.05, 0) is 12.5 Å². The van der Waals surface area contributed by atoms with Gasteiger partial charge in [-0.2, -0.15) is 0 Å². The Kier molecular flexibility index (Phi) is 8.61. The summed E-state index contributed by atoms with van der Waals surface area (Å²) in [4.78, 5) is 63.2. The fourth-order valence-corrected chi connectivity index (χ4v) is 6.09. The van der Waals surface area contributed by atoms with Gasteiger partial charge < -0.3 is 50.5 Å². The molecule has 0 saturated heterocycles. The summed E-state index contributed by atoms with van der Waals surface area (Å²) >= 11 is 0. The number of aliphatic carboxylic acids is 1. The van der Waals surface area contributed by atoms with Crippen LogP contribution >= 0.6 is 0 Å². The fourth-order valence-electron chi connectivity index (χ4n) is 6.09. The van der Waals surface area contributed by atoms with Crippen LogP contribution in [0.5, 0.6) is 11.5 Å². The second-order valence-electron chi connectivity index (χ2n) is 11.4. The number of hydrogen-bond donors (Lipinski definition) is 8. The Morgan fingerprint density at radius 1 is 1.04 bits per heavy atom. The van der Waals surface area contributed by atoms with Gasteiger partial charge in [0, 0.05) is 47.6 Å². The van der Waals surface area contributed by atoms with E-state index in [1.165, 1.54) is 25.1 Å². The number of benzene rings is 2. The average molecular weight is 642 g/mol. The highest BCUT2D eigenvalue weighted by Gasteiger charge is 2.50. The standard InChI is InChI=1S/C31H31NO14/c1-12-26(39)16(32-19(36)5-6-20(37)38)7-21(45-12)46-17-9-31(44,18(35)11-34)8-15-23(17)30(43)25-24(28(15)41)27(40)14-4-2-3-13(10-33)22(14)29(25)42/h2-4,7,12,16-17,26,33-34,39,41,43-44H,5-6,8-11H2,1H3,(H,32,36)(H,37,38)/t12?,16-,17+,26-,31+/m1/s1. The number of carbonyl (C=O) groups excluding carboxylic acids is 4. The van der Waals surface area contributed by atoms with E-state index in [9.17, 15) is 54.6 Å². The number of aliphatic hydroxyl groups excluding tert-OH is 3. The number of fused-ring (bicyclic) bond motifs is 3. The molecule has 2 aromatic carbocycles. The number of phenols is 2. The molecule has 15 nitrogen and oxygen atoms in total. The first-order valence-corrected chi connectivity index (χ1v) is 14.3. The van der Waals surface area contributed by atoms with E-state index in [1.807, 2.05) is 0 Å². The van der Waals surface area contributed by atoms with Crippen LogP contribution in [0, 0.1) is 0 Å². The average Bonchev–Trinajstić information content (AvgIpc) is 3.01. The predicted octanol–water partition coefficient (Wildman–Crippen LogP) is -0.368. The van der Waals surface area contributed by atoms with E-state index >= 15 is 0 Å². The Labute approximate surface area is 260 Å². The van der Waals surface area contributed by atoms with E-state index in [0.29, 0.717) is 0 Å². The van der Waals surface area contributed by atoms with Gasteiger partial charge in [0.05, 0.1) is 30.2 Å². The van der Waals surface area contributed by atoms with E-state index in [0.717, 1.165) is 6.08 Å². The number of nitrogens with one attached hydrogen (secondary N) is 1. The number of ketones is 3. The molecule has 0 bridgehead atoms. The molecule has 0 aromatic heterocycles. The molecule has 3 aliphatic rings. The highest BCUT2D eigenvalue weighted by Crippen LogP contribution is 2.52. The number of ether oxygens (including phenoxy) is 2. The number of aromatic hydroxyl groups is 2. The lowest BCUT2D eigenvalue weighted by atomic mass is 9.71. The molecule has 0 radical (unpaired) electrons. The van der Waals surface area contributed by atoms with Gasteiger partial charge in [-0.15, -0.1) is 0 Å². The number of rotatable bonds is 9. The van der Waals surface area contributed by atoms with Crippen LogP contribution in [0.4, 0.5) is 0 Å². The smallest absolute Gasteiger partial charge is 0.303 e. The lowest BCUT2D eigenvalue weighted by Gasteiger charge is -2.40. The molecule has 5 rings (SSSR count). The summed E-state index contributed by atoms with van der Waals surface area (Å²) in [6.45, 7) is -0.295. The minimum absolute atomic E-state index is 0.0959. The highest BCUT2D eigenvalue weighted by atomic mass is 16.7. The lowest BCUT2D eigenvalue weighted by Crippen LogP contribution is -2.50. The number of phenolic OH excluding ortho intramolecular Hbond substituents is 2. The van der Waals surface area contributed by atoms with Crippen molar-refractivity contribution in [2.24, 2.45) is 0 Å². The monoisotopic (exact) mass is 641 g/mol. The third-order valence-electron chi connectivity index (χ3n) is 8.43. The second-order valence-corrected chi connectivity index (χ2v) is 11.4. The van der Waals surface area contributed by atoms with Crippen LogP contribution in [0.1, 0.15) is 80.8 Å². The Morgan fingerprint density at radius 3 is 2.39 bits per heavy atom. The van der Waals surface area contributed by atoms with Crippen LogP contribution in [-0.2, 0) is 36.9 Å². The summed E-state index contributed by atoms with van der Waals surface area (Å²) in [5.41, 5.74) is -4.39. The van der Waals surface area contributed by atoms with Crippen LogP contribution in [0.15, 0.2) is 30.2 Å². The second kappa shape index (κ2) is 12.2. The van der Waals surface area contributed by atoms with Gasteiger partial charge in [0.1, 0.15) is 42.0 Å². The number of carboxylic acids is 1. The zero-order valence-corrected chi connectivity index (χ0v) is 24.3. The molecule has 1 unspecified atom stereocenters. The first-order chi connectivity index (χ1) is 21.7. The minimum atomic E-state index is -2.39. The molecule has 0 fully saturated rings. The van der Waals surface area contributed by atoms with Crippen LogP contribution in [0.2, 0.25) is 0 Å². The van der Waals surface area contributed by atoms with Crippen LogP contribution in [0.25, 0.3) is 0 Å². The van der Waals surface area contributed by atoms with Gasteiger partial charge in [-0.3, -0.25) is 24.0 Å². The van der Waals surface area contributed by atoms with Gasteiger partial charge >= 0.3 is 5.97 Å². The molecule has 5 atom stereocenters. The Balaban J connectivity index is 1.61. The number of carbonyl (C=O) groups is 5. The topological polar surface area (TPSA) is 257 Å². The van der Waals surface area contributed by atoms with Gasteiger partial charge in [0.25, 0.3) is 5.95 Å². The van der Waals surface area contributed by atoms with E-state index in [2.05, 4.69) is 5.32 Å². The molecule has 1 aliphatic heterocycles. The van der Waals surface area contributed by atoms with Crippen molar-refractivity contribution in [3.05, 3.63) is 69.2 Å². The van der Waals surface area contributed by atoms with Crippen LogP contribution in [-0.4, -0.2) is 95.4 Å². The third-order valence-corrected chi connectivity index (χ3v) is 8.43. The van der Waals surface area contributed by atoms with Gasteiger partial charge in [-0.25, -0.2) is 0 Å². The zero-order valence-electron chi connectivity index (χ0n) is 24.3. The Hall–Kier alpha value is -4.83. The third kappa shape index (κ3) is 5.47. The fraction of sp³-hybridized carbons (Fsp3) is 0.387. The molecule has 1 amide bonds. The predicted molar refractivity (Wildman–Crippen MR) is 152 cm³/mol. The lowest BCUT2D eigenvalue weighted by molar-refractivity contribution is -0.150. The van der Waals surface area contributed by atoms with E-state index in [-0.39, 0.29) is 33.8 Å². The maximum Gasteiger partial charge on any atom is 0.303 e. The van der Waals surface area contributed by atoms with Crippen molar-refractivity contribution in [3.8, 4) is 11.5 Å². The summed E-state index contributed by atoms with van der Waals surface area (Å²) in [7, 11) is 0. The quantitative estimate of drug-likeness (QED) is 0.139. The van der Waals surface area contributed by atoms with Gasteiger partial charge in [-0.1, -0.05) is 18.2 Å². The number of hydrogen-bond acceptors (Lipinski definition) is 13. The number of amides is 1. The van der Waals surface area contributed by atoms with E-state index < -0.39 is 121 Å². The number of carboxylic acid groups (broad SMARTS) is 1. The zero-order chi connectivity index (χ0) is 33.7. The van der Waals surface area contributed by atoms with Crippen molar-refractivity contribution < 1.29 is 69.2 Å². The largest absolute Gasteiger partial charge is 0.507 e. The van der Waals surface area contributed by atoms with Crippen molar-refractivity contribution >= 4 is 29.2 Å². The molecule has 2 aliphatic carbocycles. The molecular formula is C31H31NO14. The maximum atomic E-state index is 13.7. The normalized spacial score (nSPS) is 24.9. The molecule has 15 heteroatoms. The minimum Gasteiger partial charge on any atom is -0.507 e. The first-order valence-electron chi connectivity index (χ1n) is 14.3. The van der Waals surface area contributed by atoms with Gasteiger partial charge in [0.2, 0.25) is 5.91 Å². The van der Waals surface area contributed by atoms with E-state index in [1.54, 1.807) is 0 Å². The summed E-state index contributed by atoms with van der Waals surface area (Å²) in [6.07, 6.45) is -4.97. The van der Waals surface area contributed by atoms with Crippen LogP contribution in [0.3, 0.4) is 0 Å². The molecule has 0 saturated carbocycles. The van der Waals surface area contributed by atoms with Crippen molar-refractivity contribution in [2.45, 2.75) is 69.2 Å². The Morgan fingerprint density at radius 2 is 1.74 bits per heavy atom. The number of aliphatic hydroxyl groups is 4. The van der Waals surface area contributed by atoms with Crippen molar-refractivity contribution in [2.75, 3.05) is 6.61 Å². The molecule has 46 heavy (non-hydrogen) atoms. The molecule has 1 heterocycles. The molecule has 2 aromatic rings. The molecule has 8 N–H and O–H groups in total. The van der Waals surface area contributed by atoms with Crippen LogP contribution < -0.4 is 5.32 Å². The maximum absolute atomic E-state index is 13.7. The molecular weight excluding hydrogens is 610 g/mol. The van der Waals surface area contributed by atoms with Crippen molar-refractivity contribution in [1.82, 2.24) is 5.32 Å².